The van der Waals surface area contributed by atoms with E-state index in [0.29, 0.717) is 25.9 Å². The summed E-state index contributed by atoms with van der Waals surface area (Å²) in [7, 11) is 0. The molecule has 2 aliphatic rings. The van der Waals surface area contributed by atoms with Crippen LogP contribution in [-0.4, -0.2) is 41.1 Å². The molecule has 0 aromatic rings. The lowest BCUT2D eigenvalue weighted by atomic mass is 9.76. The van der Waals surface area contributed by atoms with Crippen LogP contribution in [0.1, 0.15) is 58.8 Å². The second-order valence-electron chi connectivity index (χ2n) is 6.89. The molecule has 0 bridgehead atoms. The Morgan fingerprint density at radius 1 is 1.43 bits per heavy atom. The Morgan fingerprint density at radius 2 is 2.14 bits per heavy atom. The molecule has 5 heteroatoms. The second kappa shape index (κ2) is 6.67. The predicted octanol–water partition coefficient (Wildman–Crippen LogP) is 2.85. The summed E-state index contributed by atoms with van der Waals surface area (Å²) in [5.74, 6) is 0.0211. The number of carbonyl (C=O) groups excluding carboxylic acids is 1. The van der Waals surface area contributed by atoms with Gasteiger partial charge in [0.25, 0.3) is 0 Å². The van der Waals surface area contributed by atoms with E-state index in [2.05, 4.69) is 5.32 Å². The van der Waals surface area contributed by atoms with Crippen molar-refractivity contribution in [1.29, 1.82) is 0 Å². The zero-order valence-electron chi connectivity index (χ0n) is 13.2. The van der Waals surface area contributed by atoms with Crippen LogP contribution >= 0.6 is 0 Å². The molecule has 0 radical (unpaired) electrons. The third-order valence-electron chi connectivity index (χ3n) is 4.80. The predicted molar refractivity (Wildman–Crippen MR) is 81.1 cm³/mol. The second-order valence-corrected chi connectivity index (χ2v) is 6.89. The third kappa shape index (κ3) is 4.11. The summed E-state index contributed by atoms with van der Waals surface area (Å²) in [5.41, 5.74) is -0.746. The summed E-state index contributed by atoms with van der Waals surface area (Å²) in [6, 6.07) is 0.0851. The molecule has 0 spiro atoms. The van der Waals surface area contributed by atoms with E-state index in [1.54, 1.807) is 4.90 Å². The minimum atomic E-state index is -0.757. The molecule has 2 fully saturated rings. The van der Waals surface area contributed by atoms with Crippen molar-refractivity contribution in [3.05, 3.63) is 0 Å². The number of urea groups is 1. The van der Waals surface area contributed by atoms with Gasteiger partial charge in [0.05, 0.1) is 5.41 Å². The lowest BCUT2D eigenvalue weighted by molar-refractivity contribution is -0.152. The standard InChI is InChI=1S/C16H28N2O3/c1-3-7-16(14(19)20)8-4-9-18(11-16)15(21)17-12(2)10-13-5-6-13/h12-13H,3-11H2,1-2H3,(H,17,21)(H,19,20). The fourth-order valence-corrected chi connectivity index (χ4v) is 3.48. The molecular weight excluding hydrogens is 268 g/mol. The number of aliphatic carboxylic acids is 1. The highest BCUT2D eigenvalue weighted by atomic mass is 16.4. The lowest BCUT2D eigenvalue weighted by Crippen LogP contribution is -2.53. The van der Waals surface area contributed by atoms with E-state index in [-0.39, 0.29) is 12.1 Å². The Balaban J connectivity index is 1.92. The van der Waals surface area contributed by atoms with Crippen LogP contribution in [0.15, 0.2) is 0 Å². The first-order valence-corrected chi connectivity index (χ1v) is 8.25. The average Bonchev–Trinajstić information content (AvgIpc) is 3.22. The van der Waals surface area contributed by atoms with Crippen LogP contribution < -0.4 is 5.32 Å². The molecule has 1 saturated heterocycles. The molecule has 1 aliphatic carbocycles. The van der Waals surface area contributed by atoms with Gasteiger partial charge in [-0.2, -0.15) is 0 Å². The van der Waals surface area contributed by atoms with Gasteiger partial charge in [0.2, 0.25) is 0 Å². The van der Waals surface area contributed by atoms with Crippen LogP contribution in [0.25, 0.3) is 0 Å². The monoisotopic (exact) mass is 296 g/mol. The van der Waals surface area contributed by atoms with E-state index in [0.717, 1.165) is 25.2 Å². The van der Waals surface area contributed by atoms with Crippen LogP contribution in [0.5, 0.6) is 0 Å². The first kappa shape index (κ1) is 16.1. The van der Waals surface area contributed by atoms with Crippen molar-refractivity contribution >= 4 is 12.0 Å². The number of carboxylic acids is 1. The minimum Gasteiger partial charge on any atom is -0.481 e. The van der Waals surface area contributed by atoms with Gasteiger partial charge in [-0.1, -0.05) is 26.2 Å². The van der Waals surface area contributed by atoms with Crippen molar-refractivity contribution in [2.75, 3.05) is 13.1 Å². The summed E-state index contributed by atoms with van der Waals surface area (Å²) < 4.78 is 0. The first-order chi connectivity index (χ1) is 9.97. The van der Waals surface area contributed by atoms with Crippen molar-refractivity contribution in [3.63, 3.8) is 0 Å². The number of likely N-dealkylation sites (tertiary alicyclic amines) is 1. The molecule has 1 heterocycles. The molecule has 2 atom stereocenters. The third-order valence-corrected chi connectivity index (χ3v) is 4.80. The minimum absolute atomic E-state index is 0.0930. The Morgan fingerprint density at radius 3 is 2.71 bits per heavy atom. The van der Waals surface area contributed by atoms with E-state index in [9.17, 15) is 14.7 Å². The summed E-state index contributed by atoms with van der Waals surface area (Å²) in [6.45, 7) is 5.05. The topological polar surface area (TPSA) is 69.6 Å². The maximum Gasteiger partial charge on any atom is 0.317 e. The summed E-state index contributed by atoms with van der Waals surface area (Å²) >= 11 is 0. The smallest absolute Gasteiger partial charge is 0.317 e. The summed E-state index contributed by atoms with van der Waals surface area (Å²) in [6.07, 6.45) is 6.53. The van der Waals surface area contributed by atoms with Crippen LogP contribution in [-0.2, 0) is 4.79 Å². The fourth-order valence-electron chi connectivity index (χ4n) is 3.48. The van der Waals surface area contributed by atoms with Crippen molar-refractivity contribution in [3.8, 4) is 0 Å². The number of rotatable bonds is 6. The maximum absolute atomic E-state index is 12.3. The number of hydrogen-bond acceptors (Lipinski definition) is 2. The Kier molecular flexibility index (Phi) is 5.12. The van der Waals surface area contributed by atoms with Crippen molar-refractivity contribution < 1.29 is 14.7 Å². The van der Waals surface area contributed by atoms with Gasteiger partial charge < -0.3 is 15.3 Å². The summed E-state index contributed by atoms with van der Waals surface area (Å²) in [4.78, 5) is 25.7. The Bertz CT molecular complexity index is 391. The van der Waals surface area contributed by atoms with E-state index in [1.807, 2.05) is 13.8 Å². The normalized spacial score (nSPS) is 27.2. The van der Waals surface area contributed by atoms with E-state index in [1.165, 1.54) is 12.8 Å². The first-order valence-electron chi connectivity index (χ1n) is 8.25. The zero-order chi connectivity index (χ0) is 15.5. The molecule has 21 heavy (non-hydrogen) atoms. The van der Waals surface area contributed by atoms with Gasteiger partial charge in [-0.3, -0.25) is 4.79 Å². The largest absolute Gasteiger partial charge is 0.481 e. The molecule has 2 amide bonds. The van der Waals surface area contributed by atoms with Crippen LogP contribution in [0, 0.1) is 11.3 Å². The molecule has 2 rings (SSSR count). The molecule has 0 aromatic heterocycles. The van der Waals surface area contributed by atoms with Gasteiger partial charge in [-0.15, -0.1) is 0 Å². The quantitative estimate of drug-likeness (QED) is 0.792. The molecule has 120 valence electrons. The molecular formula is C16H28N2O3. The molecule has 0 aromatic carbocycles. The van der Waals surface area contributed by atoms with E-state index >= 15 is 0 Å². The summed E-state index contributed by atoms with van der Waals surface area (Å²) in [5, 5.41) is 12.6. The molecule has 2 unspecified atom stereocenters. The number of carboxylic acid groups (broad SMARTS) is 1. The number of amides is 2. The van der Waals surface area contributed by atoms with Gasteiger partial charge in [-0.25, -0.2) is 4.79 Å². The number of hydrogen-bond donors (Lipinski definition) is 2. The van der Waals surface area contributed by atoms with Gasteiger partial charge in [-0.05, 0) is 38.5 Å². The maximum atomic E-state index is 12.3. The van der Waals surface area contributed by atoms with Gasteiger partial charge in [0.1, 0.15) is 0 Å². The van der Waals surface area contributed by atoms with E-state index < -0.39 is 11.4 Å². The van der Waals surface area contributed by atoms with Crippen molar-refractivity contribution in [1.82, 2.24) is 10.2 Å². The number of nitrogens with zero attached hydrogens (tertiary/aromatic N) is 1. The lowest BCUT2D eigenvalue weighted by Gasteiger charge is -2.40. The molecule has 1 aliphatic heterocycles. The highest BCUT2D eigenvalue weighted by Crippen LogP contribution is 2.35. The highest BCUT2D eigenvalue weighted by molar-refractivity contribution is 5.79. The average molecular weight is 296 g/mol. The number of carbonyl (C=O) groups is 2. The Labute approximate surface area is 127 Å². The number of nitrogens with one attached hydrogen (secondary N) is 1. The van der Waals surface area contributed by atoms with Crippen molar-refractivity contribution in [2.45, 2.75) is 64.8 Å². The van der Waals surface area contributed by atoms with Crippen LogP contribution in [0.2, 0.25) is 0 Å². The van der Waals surface area contributed by atoms with Crippen molar-refractivity contribution in [2.24, 2.45) is 11.3 Å². The zero-order valence-corrected chi connectivity index (χ0v) is 13.2. The molecule has 1 saturated carbocycles. The molecule has 5 nitrogen and oxygen atoms in total. The van der Waals surface area contributed by atoms with Crippen LogP contribution in [0.4, 0.5) is 4.79 Å². The highest BCUT2D eigenvalue weighted by Gasteiger charge is 2.43. The van der Waals surface area contributed by atoms with Gasteiger partial charge in [0.15, 0.2) is 0 Å². The SMILES string of the molecule is CCCC1(C(=O)O)CCCN(C(=O)NC(C)CC2CC2)C1. The number of piperidine rings is 1. The van der Waals surface area contributed by atoms with Crippen LogP contribution in [0.3, 0.4) is 0 Å². The molecule has 2 N–H and O–H groups in total. The Hall–Kier alpha value is -1.26. The van der Waals surface area contributed by atoms with Gasteiger partial charge in [0, 0.05) is 19.1 Å². The van der Waals surface area contributed by atoms with Gasteiger partial charge >= 0.3 is 12.0 Å². The fraction of sp³-hybridized carbons (Fsp3) is 0.875. The van der Waals surface area contributed by atoms with E-state index in [4.69, 9.17) is 0 Å².